The summed E-state index contributed by atoms with van der Waals surface area (Å²) in [6.45, 7) is -0.149. The molecule has 1 aromatic heterocycles. The number of anilines is 1. The van der Waals surface area contributed by atoms with Gasteiger partial charge < -0.3 is 4.42 Å². The van der Waals surface area contributed by atoms with E-state index in [1.807, 2.05) is 0 Å². The summed E-state index contributed by atoms with van der Waals surface area (Å²) in [5.41, 5.74) is 0.377. The van der Waals surface area contributed by atoms with Crippen molar-refractivity contribution >= 4 is 35.5 Å². The van der Waals surface area contributed by atoms with Gasteiger partial charge in [-0.1, -0.05) is 17.2 Å². The van der Waals surface area contributed by atoms with Gasteiger partial charge in [0.1, 0.15) is 6.54 Å². The smallest absolute Gasteiger partial charge is 0.322 e. The molecule has 0 aliphatic carbocycles. The molecule has 0 radical (unpaired) electrons. The van der Waals surface area contributed by atoms with Gasteiger partial charge in [0.05, 0.1) is 4.92 Å². The minimum Gasteiger partial charge on any atom is -0.406 e. The number of nitro benzene ring substituents is 1. The number of nitrogens with one attached hydrogen (secondary N) is 1. The van der Waals surface area contributed by atoms with Gasteiger partial charge in [0.2, 0.25) is 17.7 Å². The van der Waals surface area contributed by atoms with Crippen LogP contribution in [-0.2, 0) is 20.9 Å². The monoisotopic (exact) mass is 371 g/mol. The fourth-order valence-electron chi connectivity index (χ4n) is 2.36. The summed E-state index contributed by atoms with van der Waals surface area (Å²) in [6.07, 6.45) is 2.84. The van der Waals surface area contributed by atoms with E-state index in [4.69, 9.17) is 4.42 Å². The Labute approximate surface area is 151 Å². The predicted octanol–water partition coefficient (Wildman–Crippen LogP) is 1.28. The number of carbonyl (C=O) groups excluding carboxylic acids is 3. The lowest BCUT2D eigenvalue weighted by molar-refractivity contribution is -0.384. The Kier molecular flexibility index (Phi) is 5.01. The molecule has 3 rings (SSSR count). The first kappa shape index (κ1) is 17.9. The van der Waals surface area contributed by atoms with E-state index in [2.05, 4.69) is 15.5 Å². The average Bonchev–Trinajstić information content (AvgIpc) is 3.21. The first-order valence-corrected chi connectivity index (χ1v) is 7.81. The number of likely N-dealkylation sites (tertiary alicyclic amines) is 1. The van der Waals surface area contributed by atoms with E-state index in [0.29, 0.717) is 5.56 Å². The lowest BCUT2D eigenvalue weighted by Gasteiger charge is -2.09. The van der Waals surface area contributed by atoms with Crippen LogP contribution in [0.4, 0.5) is 11.7 Å². The Balaban J connectivity index is 1.59. The summed E-state index contributed by atoms with van der Waals surface area (Å²) < 4.78 is 5.19. The molecule has 2 heterocycles. The van der Waals surface area contributed by atoms with Gasteiger partial charge in [-0.15, -0.1) is 5.10 Å². The van der Waals surface area contributed by atoms with Gasteiger partial charge >= 0.3 is 6.01 Å². The number of amides is 3. The summed E-state index contributed by atoms with van der Waals surface area (Å²) in [4.78, 5) is 46.2. The highest BCUT2D eigenvalue weighted by Crippen LogP contribution is 2.17. The summed E-state index contributed by atoms with van der Waals surface area (Å²) in [6, 6.07) is 5.57. The third-order valence-electron chi connectivity index (χ3n) is 3.65. The maximum absolute atomic E-state index is 11.9. The molecule has 1 aromatic carbocycles. The standard InChI is InChI=1S/C16H13N5O6/c22-12(5-4-10-2-1-3-11(8-10)21(25)26)17-16-19-18-13(27-16)9-20-14(23)6-7-15(20)24/h1-5,8H,6-7,9H2,(H,17,19,22). The van der Waals surface area contributed by atoms with Crippen LogP contribution in [0, 0.1) is 10.1 Å². The number of hydrogen-bond donors (Lipinski definition) is 1. The van der Waals surface area contributed by atoms with Gasteiger partial charge in [-0.25, -0.2) is 0 Å². The highest BCUT2D eigenvalue weighted by molar-refractivity contribution is 6.02. The van der Waals surface area contributed by atoms with E-state index in [1.54, 1.807) is 6.07 Å². The number of nitrogens with zero attached hydrogens (tertiary/aromatic N) is 4. The van der Waals surface area contributed by atoms with Gasteiger partial charge in [-0.2, -0.15) is 0 Å². The molecule has 0 spiro atoms. The van der Waals surface area contributed by atoms with Crippen LogP contribution in [0.5, 0.6) is 0 Å². The predicted molar refractivity (Wildman–Crippen MR) is 89.8 cm³/mol. The average molecular weight is 371 g/mol. The van der Waals surface area contributed by atoms with E-state index >= 15 is 0 Å². The lowest BCUT2D eigenvalue weighted by Crippen LogP contribution is -2.28. The molecule has 0 unspecified atom stereocenters. The molecule has 1 N–H and O–H groups in total. The molecular formula is C16H13N5O6. The lowest BCUT2D eigenvalue weighted by atomic mass is 10.2. The van der Waals surface area contributed by atoms with Crippen molar-refractivity contribution in [1.82, 2.24) is 15.1 Å². The molecule has 27 heavy (non-hydrogen) atoms. The van der Waals surface area contributed by atoms with Crippen LogP contribution < -0.4 is 5.32 Å². The van der Waals surface area contributed by atoms with Crippen LogP contribution in [0.15, 0.2) is 34.8 Å². The molecular weight excluding hydrogens is 358 g/mol. The maximum Gasteiger partial charge on any atom is 0.322 e. The highest BCUT2D eigenvalue weighted by Gasteiger charge is 2.30. The third kappa shape index (κ3) is 4.39. The van der Waals surface area contributed by atoms with Crippen LogP contribution in [-0.4, -0.2) is 37.7 Å². The molecule has 1 aliphatic heterocycles. The van der Waals surface area contributed by atoms with Crippen molar-refractivity contribution in [2.24, 2.45) is 0 Å². The first-order valence-electron chi connectivity index (χ1n) is 7.81. The highest BCUT2D eigenvalue weighted by atomic mass is 16.6. The van der Waals surface area contributed by atoms with Gasteiger partial charge in [0.25, 0.3) is 11.6 Å². The minimum atomic E-state index is -0.593. The second-order valence-electron chi connectivity index (χ2n) is 5.55. The Morgan fingerprint density at radius 1 is 1.30 bits per heavy atom. The number of hydrogen-bond acceptors (Lipinski definition) is 8. The van der Waals surface area contributed by atoms with E-state index in [0.717, 1.165) is 11.0 Å². The van der Waals surface area contributed by atoms with Crippen molar-refractivity contribution in [3.63, 3.8) is 0 Å². The number of benzene rings is 1. The van der Waals surface area contributed by atoms with Crippen LogP contribution in [0.2, 0.25) is 0 Å². The fourth-order valence-corrected chi connectivity index (χ4v) is 2.36. The van der Waals surface area contributed by atoms with E-state index in [9.17, 15) is 24.5 Å². The zero-order valence-corrected chi connectivity index (χ0v) is 13.8. The van der Waals surface area contributed by atoms with Crippen molar-refractivity contribution in [3.8, 4) is 0 Å². The SMILES string of the molecule is O=C(C=Cc1cccc([N+](=O)[O-])c1)Nc1nnc(CN2C(=O)CCC2=O)o1. The molecule has 11 nitrogen and oxygen atoms in total. The summed E-state index contributed by atoms with van der Waals surface area (Å²) >= 11 is 0. The minimum absolute atomic E-state index is 0.0107. The van der Waals surface area contributed by atoms with Crippen LogP contribution >= 0.6 is 0 Å². The van der Waals surface area contributed by atoms with Gasteiger partial charge in [0, 0.05) is 31.1 Å². The first-order chi connectivity index (χ1) is 12.9. The molecule has 2 aromatic rings. The molecule has 0 bridgehead atoms. The molecule has 1 aliphatic rings. The van der Waals surface area contributed by atoms with Gasteiger partial charge in [-0.05, 0) is 11.6 Å². The molecule has 0 atom stereocenters. The fraction of sp³-hybridized carbons (Fsp3) is 0.188. The van der Waals surface area contributed by atoms with Crippen LogP contribution in [0.25, 0.3) is 6.08 Å². The second kappa shape index (κ2) is 7.56. The van der Waals surface area contributed by atoms with E-state index in [-0.39, 0.29) is 48.8 Å². The molecule has 1 saturated heterocycles. The Hall–Kier alpha value is -3.89. The van der Waals surface area contributed by atoms with Crippen molar-refractivity contribution in [3.05, 3.63) is 51.9 Å². The Bertz CT molecular complexity index is 934. The van der Waals surface area contributed by atoms with Crippen molar-refractivity contribution in [1.29, 1.82) is 0 Å². The number of rotatable bonds is 6. The van der Waals surface area contributed by atoms with E-state index < -0.39 is 10.8 Å². The van der Waals surface area contributed by atoms with Crippen LogP contribution in [0.1, 0.15) is 24.3 Å². The van der Waals surface area contributed by atoms with Gasteiger partial charge in [-0.3, -0.25) is 34.7 Å². The molecule has 0 saturated carbocycles. The number of imide groups is 1. The number of non-ortho nitro benzene ring substituents is 1. The molecule has 3 amide bonds. The molecule has 138 valence electrons. The summed E-state index contributed by atoms with van der Waals surface area (Å²) in [5.74, 6) is -1.21. The topological polar surface area (TPSA) is 149 Å². The Morgan fingerprint density at radius 3 is 2.74 bits per heavy atom. The van der Waals surface area contributed by atoms with Crippen molar-refractivity contribution < 1.29 is 23.7 Å². The number of carbonyl (C=O) groups is 3. The normalized spacial score (nSPS) is 14.1. The third-order valence-corrected chi connectivity index (χ3v) is 3.65. The van der Waals surface area contributed by atoms with Crippen molar-refractivity contribution in [2.45, 2.75) is 19.4 Å². The molecule has 1 fully saturated rings. The number of nitro groups is 1. The summed E-state index contributed by atoms with van der Waals surface area (Å²) in [7, 11) is 0. The van der Waals surface area contributed by atoms with Crippen LogP contribution in [0.3, 0.4) is 0 Å². The van der Waals surface area contributed by atoms with E-state index in [1.165, 1.54) is 24.3 Å². The largest absolute Gasteiger partial charge is 0.406 e. The summed E-state index contributed by atoms with van der Waals surface area (Å²) in [5, 5.41) is 20.4. The van der Waals surface area contributed by atoms with Gasteiger partial charge in [0.15, 0.2) is 0 Å². The number of aromatic nitrogens is 2. The maximum atomic E-state index is 11.9. The quantitative estimate of drug-likeness (QED) is 0.345. The van der Waals surface area contributed by atoms with Crippen molar-refractivity contribution in [2.75, 3.05) is 5.32 Å². The Morgan fingerprint density at radius 2 is 2.04 bits per heavy atom. The zero-order valence-electron chi connectivity index (χ0n) is 13.8. The molecule has 11 heteroatoms. The second-order valence-corrected chi connectivity index (χ2v) is 5.55. The zero-order chi connectivity index (χ0) is 19.4.